The summed E-state index contributed by atoms with van der Waals surface area (Å²) in [4.78, 5) is 14.8. The predicted octanol–water partition coefficient (Wildman–Crippen LogP) is 2.19. The maximum atomic E-state index is 12.5. The van der Waals surface area contributed by atoms with E-state index in [2.05, 4.69) is 17.3 Å². The molecule has 0 unspecified atom stereocenters. The number of carbonyl (C=O) groups is 1. The zero-order valence-corrected chi connectivity index (χ0v) is 15.2. The van der Waals surface area contributed by atoms with Crippen LogP contribution >= 0.6 is 24.0 Å². The van der Waals surface area contributed by atoms with Gasteiger partial charge in [-0.05, 0) is 45.0 Å². The molecule has 2 aliphatic rings. The standard InChI is InChI=1S/C16H22ClN3O3.ClH/c1-20-4-2-10(3-5-20)9-19-16(21)11-8-12(17)13(18)15-14(11)22-6-7-23-15;/h8,10H,2-7,9,18H2,1H3,(H,19,21);1H. The maximum absolute atomic E-state index is 12.5. The Morgan fingerprint density at radius 3 is 2.62 bits per heavy atom. The summed E-state index contributed by atoms with van der Waals surface area (Å²) in [5.41, 5.74) is 6.60. The van der Waals surface area contributed by atoms with Gasteiger partial charge in [0, 0.05) is 6.54 Å². The first-order valence-corrected chi connectivity index (χ1v) is 8.28. The number of fused-ring (bicyclic) bond motifs is 1. The number of anilines is 1. The minimum Gasteiger partial charge on any atom is -0.485 e. The molecule has 0 aromatic heterocycles. The van der Waals surface area contributed by atoms with Gasteiger partial charge in [-0.2, -0.15) is 0 Å². The first-order chi connectivity index (χ1) is 11.1. The van der Waals surface area contributed by atoms with Crippen molar-refractivity contribution in [1.29, 1.82) is 0 Å². The SMILES string of the molecule is CN1CCC(CNC(=O)c2cc(Cl)c(N)c3c2OCCO3)CC1.Cl. The van der Waals surface area contributed by atoms with Gasteiger partial charge in [-0.25, -0.2) is 0 Å². The van der Waals surface area contributed by atoms with E-state index in [1.165, 1.54) is 0 Å². The Balaban J connectivity index is 0.00000208. The summed E-state index contributed by atoms with van der Waals surface area (Å²) in [6, 6.07) is 1.55. The average Bonchev–Trinajstić information content (AvgIpc) is 2.57. The number of benzene rings is 1. The number of rotatable bonds is 3. The molecule has 24 heavy (non-hydrogen) atoms. The van der Waals surface area contributed by atoms with Gasteiger partial charge in [0.15, 0.2) is 11.5 Å². The van der Waals surface area contributed by atoms with Crippen molar-refractivity contribution in [3.63, 3.8) is 0 Å². The summed E-state index contributed by atoms with van der Waals surface area (Å²) in [5.74, 6) is 1.06. The monoisotopic (exact) mass is 375 g/mol. The fourth-order valence-electron chi connectivity index (χ4n) is 2.96. The molecule has 1 fully saturated rings. The number of amides is 1. The van der Waals surface area contributed by atoms with E-state index in [9.17, 15) is 4.79 Å². The molecule has 0 bridgehead atoms. The molecule has 1 amide bonds. The van der Waals surface area contributed by atoms with Crippen LogP contribution in [0.4, 0.5) is 5.69 Å². The van der Waals surface area contributed by atoms with Crippen molar-refractivity contribution in [1.82, 2.24) is 10.2 Å². The molecule has 0 saturated carbocycles. The Kier molecular flexibility index (Phi) is 6.43. The highest BCUT2D eigenvalue weighted by Crippen LogP contribution is 2.43. The molecule has 1 saturated heterocycles. The lowest BCUT2D eigenvalue weighted by Gasteiger charge is -2.29. The molecule has 134 valence electrons. The van der Waals surface area contributed by atoms with Gasteiger partial charge in [0.25, 0.3) is 5.91 Å². The third-order valence-electron chi connectivity index (χ3n) is 4.43. The molecule has 1 aromatic carbocycles. The van der Waals surface area contributed by atoms with E-state index in [4.69, 9.17) is 26.8 Å². The van der Waals surface area contributed by atoms with Gasteiger partial charge in [-0.15, -0.1) is 12.4 Å². The largest absolute Gasteiger partial charge is 0.485 e. The van der Waals surface area contributed by atoms with Gasteiger partial charge < -0.3 is 25.4 Å². The van der Waals surface area contributed by atoms with Crippen molar-refractivity contribution in [3.05, 3.63) is 16.7 Å². The molecule has 6 nitrogen and oxygen atoms in total. The number of likely N-dealkylation sites (tertiary alicyclic amines) is 1. The fourth-order valence-corrected chi connectivity index (χ4v) is 3.16. The lowest BCUT2D eigenvalue weighted by atomic mass is 9.97. The smallest absolute Gasteiger partial charge is 0.255 e. The molecule has 3 N–H and O–H groups in total. The molecular formula is C16H23Cl2N3O3. The number of ether oxygens (including phenoxy) is 2. The normalized spacial score (nSPS) is 17.9. The number of carbonyl (C=O) groups excluding carboxylic acids is 1. The zero-order chi connectivity index (χ0) is 16.4. The molecule has 8 heteroatoms. The van der Waals surface area contributed by atoms with Crippen LogP contribution in [0.15, 0.2) is 6.07 Å². The van der Waals surface area contributed by atoms with E-state index < -0.39 is 0 Å². The Labute approximate surface area is 153 Å². The zero-order valence-electron chi connectivity index (χ0n) is 13.6. The number of nitrogen functional groups attached to an aromatic ring is 1. The quantitative estimate of drug-likeness (QED) is 0.791. The van der Waals surface area contributed by atoms with Gasteiger partial charge in [-0.1, -0.05) is 11.6 Å². The number of piperidine rings is 1. The van der Waals surface area contributed by atoms with E-state index in [1.54, 1.807) is 6.07 Å². The third kappa shape index (κ3) is 3.99. The second kappa shape index (κ2) is 8.14. The number of hydrogen-bond donors (Lipinski definition) is 2. The fraction of sp³-hybridized carbons (Fsp3) is 0.562. The third-order valence-corrected chi connectivity index (χ3v) is 4.75. The molecule has 0 atom stereocenters. The lowest BCUT2D eigenvalue weighted by Crippen LogP contribution is -2.37. The molecule has 1 aromatic rings. The van der Waals surface area contributed by atoms with Gasteiger partial charge in [-0.3, -0.25) is 4.79 Å². The Hall–Kier alpha value is -1.37. The van der Waals surface area contributed by atoms with Gasteiger partial charge >= 0.3 is 0 Å². The van der Waals surface area contributed by atoms with Crippen molar-refractivity contribution in [2.24, 2.45) is 5.92 Å². The van der Waals surface area contributed by atoms with Crippen LogP contribution in [0, 0.1) is 5.92 Å². The highest BCUT2D eigenvalue weighted by Gasteiger charge is 2.26. The van der Waals surface area contributed by atoms with Crippen LogP contribution < -0.4 is 20.5 Å². The number of nitrogens with two attached hydrogens (primary N) is 1. The predicted molar refractivity (Wildman–Crippen MR) is 96.7 cm³/mol. The van der Waals surface area contributed by atoms with E-state index in [0.717, 1.165) is 25.9 Å². The van der Waals surface area contributed by atoms with Crippen molar-refractivity contribution in [2.45, 2.75) is 12.8 Å². The molecule has 2 heterocycles. The van der Waals surface area contributed by atoms with Crippen LogP contribution in [0.1, 0.15) is 23.2 Å². The average molecular weight is 376 g/mol. The van der Waals surface area contributed by atoms with Crippen molar-refractivity contribution < 1.29 is 14.3 Å². The number of nitrogens with one attached hydrogen (secondary N) is 1. The first-order valence-electron chi connectivity index (χ1n) is 7.90. The minimum atomic E-state index is -0.201. The molecule has 3 rings (SSSR count). The summed E-state index contributed by atoms with van der Waals surface area (Å²) in [5, 5.41) is 3.29. The van der Waals surface area contributed by atoms with Crippen LogP contribution in [-0.4, -0.2) is 50.7 Å². The van der Waals surface area contributed by atoms with Gasteiger partial charge in [0.05, 0.1) is 16.3 Å². The summed E-state index contributed by atoms with van der Waals surface area (Å²) in [6.45, 7) is 3.59. The Morgan fingerprint density at radius 1 is 1.33 bits per heavy atom. The lowest BCUT2D eigenvalue weighted by molar-refractivity contribution is 0.0928. The van der Waals surface area contributed by atoms with Gasteiger partial charge in [0.1, 0.15) is 13.2 Å². The highest BCUT2D eigenvalue weighted by molar-refractivity contribution is 6.34. The second-order valence-corrected chi connectivity index (χ2v) is 6.54. The summed E-state index contributed by atoms with van der Waals surface area (Å²) in [6.07, 6.45) is 2.19. The molecule has 2 aliphatic heterocycles. The molecule has 0 spiro atoms. The summed E-state index contributed by atoms with van der Waals surface area (Å²) >= 11 is 6.11. The van der Waals surface area contributed by atoms with Crippen LogP contribution in [0.2, 0.25) is 5.02 Å². The first kappa shape index (κ1) is 19.0. The van der Waals surface area contributed by atoms with Crippen molar-refractivity contribution in [2.75, 3.05) is 45.6 Å². The highest BCUT2D eigenvalue weighted by atomic mass is 35.5. The number of halogens is 2. The number of hydrogen-bond acceptors (Lipinski definition) is 5. The topological polar surface area (TPSA) is 76.8 Å². The molecule has 0 radical (unpaired) electrons. The van der Waals surface area contributed by atoms with Gasteiger partial charge in [0.2, 0.25) is 0 Å². The molecule has 0 aliphatic carbocycles. The Morgan fingerprint density at radius 2 is 1.96 bits per heavy atom. The van der Waals surface area contributed by atoms with Crippen LogP contribution in [0.3, 0.4) is 0 Å². The second-order valence-electron chi connectivity index (χ2n) is 6.13. The van der Waals surface area contributed by atoms with Crippen LogP contribution in [0.5, 0.6) is 11.5 Å². The molecular weight excluding hydrogens is 353 g/mol. The summed E-state index contributed by atoms with van der Waals surface area (Å²) < 4.78 is 11.1. The van der Waals surface area contributed by atoms with E-state index in [-0.39, 0.29) is 18.3 Å². The minimum absolute atomic E-state index is 0. The maximum Gasteiger partial charge on any atom is 0.255 e. The van der Waals surface area contributed by atoms with Crippen LogP contribution in [0.25, 0.3) is 0 Å². The van der Waals surface area contributed by atoms with Crippen molar-refractivity contribution >= 4 is 35.6 Å². The van der Waals surface area contributed by atoms with E-state index in [1.807, 2.05) is 0 Å². The summed E-state index contributed by atoms with van der Waals surface area (Å²) in [7, 11) is 2.12. The van der Waals surface area contributed by atoms with E-state index >= 15 is 0 Å². The number of nitrogens with zero attached hydrogens (tertiary/aromatic N) is 1. The van der Waals surface area contributed by atoms with E-state index in [0.29, 0.717) is 53.4 Å². The Bertz CT molecular complexity index is 605. The van der Waals surface area contributed by atoms with Crippen LogP contribution in [-0.2, 0) is 0 Å². The van der Waals surface area contributed by atoms with Crippen molar-refractivity contribution in [3.8, 4) is 11.5 Å².